The molecule has 0 radical (unpaired) electrons. The number of aliphatic imine (C=N–C) groups is 1. The minimum atomic E-state index is 0. The summed E-state index contributed by atoms with van der Waals surface area (Å²) in [5.74, 6) is 1.57. The molecule has 1 aromatic heterocycles. The molecule has 1 unspecified atom stereocenters. The minimum absolute atomic E-state index is 0. The first kappa shape index (κ1) is 17.2. The highest BCUT2D eigenvalue weighted by Crippen LogP contribution is 2.10. The number of halogens is 1. The van der Waals surface area contributed by atoms with E-state index < -0.39 is 0 Å². The normalized spacial score (nSPS) is 18.7. The molecule has 0 spiro atoms. The van der Waals surface area contributed by atoms with E-state index in [1.54, 1.807) is 7.05 Å². The van der Waals surface area contributed by atoms with Crippen LogP contribution in [-0.4, -0.2) is 37.4 Å². The molecule has 0 aromatic carbocycles. The van der Waals surface area contributed by atoms with Gasteiger partial charge in [-0.15, -0.1) is 24.0 Å². The average molecular weight is 394 g/mol. The van der Waals surface area contributed by atoms with Crippen LogP contribution in [0.4, 0.5) is 0 Å². The molecule has 20 heavy (non-hydrogen) atoms. The molecule has 1 atom stereocenters. The molecular formula is C13H23IN4O2. The first-order valence-corrected chi connectivity index (χ1v) is 6.82. The molecule has 1 aliphatic heterocycles. The molecule has 7 heteroatoms. The Hall–Kier alpha value is -0.830. The third kappa shape index (κ3) is 5.28. The summed E-state index contributed by atoms with van der Waals surface area (Å²) in [5, 5.41) is 10.4. The van der Waals surface area contributed by atoms with Gasteiger partial charge in [-0.05, 0) is 19.3 Å². The Morgan fingerprint density at radius 2 is 2.35 bits per heavy atom. The highest BCUT2D eigenvalue weighted by Gasteiger charge is 2.15. The maximum Gasteiger partial charge on any atom is 0.191 e. The van der Waals surface area contributed by atoms with Crippen molar-refractivity contribution in [3.63, 3.8) is 0 Å². The van der Waals surface area contributed by atoms with E-state index in [0.29, 0.717) is 12.6 Å². The first-order chi connectivity index (χ1) is 9.31. The average Bonchev–Trinajstić information content (AvgIpc) is 3.10. The summed E-state index contributed by atoms with van der Waals surface area (Å²) in [6.45, 7) is 4.29. The quantitative estimate of drug-likeness (QED) is 0.452. The highest BCUT2D eigenvalue weighted by molar-refractivity contribution is 14.0. The molecular weight excluding hydrogens is 371 g/mol. The predicted octanol–water partition coefficient (Wildman–Crippen LogP) is 1.70. The van der Waals surface area contributed by atoms with Gasteiger partial charge in [0, 0.05) is 26.3 Å². The third-order valence-electron chi connectivity index (χ3n) is 3.14. The summed E-state index contributed by atoms with van der Waals surface area (Å²) >= 11 is 0. The zero-order valence-corrected chi connectivity index (χ0v) is 14.3. The molecule has 1 aromatic rings. The smallest absolute Gasteiger partial charge is 0.191 e. The van der Waals surface area contributed by atoms with E-state index in [4.69, 9.17) is 9.26 Å². The molecule has 0 amide bonds. The number of nitrogens with one attached hydrogen (secondary N) is 2. The summed E-state index contributed by atoms with van der Waals surface area (Å²) in [6.07, 6.45) is 3.45. The van der Waals surface area contributed by atoms with Crippen LogP contribution in [0.2, 0.25) is 0 Å². The number of hydrogen-bond donors (Lipinski definition) is 2. The molecule has 1 fully saturated rings. The standard InChI is InChI=1S/C13H22N4O2.HI/c1-3-10-7-12(19-17-10)9-16-13(14-2)15-8-11-5-4-6-18-11;/h7,11H,3-6,8-9H2,1-2H3,(H2,14,15,16);1H. The van der Waals surface area contributed by atoms with E-state index in [2.05, 4.69) is 27.7 Å². The molecule has 2 N–H and O–H groups in total. The van der Waals surface area contributed by atoms with Gasteiger partial charge in [-0.2, -0.15) is 0 Å². The number of hydrogen-bond acceptors (Lipinski definition) is 4. The van der Waals surface area contributed by atoms with Crippen LogP contribution in [-0.2, 0) is 17.7 Å². The summed E-state index contributed by atoms with van der Waals surface area (Å²) in [7, 11) is 1.75. The summed E-state index contributed by atoms with van der Waals surface area (Å²) < 4.78 is 10.8. The molecule has 2 rings (SSSR count). The summed E-state index contributed by atoms with van der Waals surface area (Å²) in [5.41, 5.74) is 0.971. The lowest BCUT2D eigenvalue weighted by atomic mass is 10.2. The van der Waals surface area contributed by atoms with Crippen molar-refractivity contribution >= 4 is 29.9 Å². The van der Waals surface area contributed by atoms with E-state index in [1.807, 2.05) is 6.07 Å². The van der Waals surface area contributed by atoms with Gasteiger partial charge in [-0.1, -0.05) is 12.1 Å². The van der Waals surface area contributed by atoms with Gasteiger partial charge >= 0.3 is 0 Å². The van der Waals surface area contributed by atoms with Crippen molar-refractivity contribution in [1.29, 1.82) is 0 Å². The molecule has 6 nitrogen and oxygen atoms in total. The van der Waals surface area contributed by atoms with Crippen LogP contribution >= 0.6 is 24.0 Å². The van der Waals surface area contributed by atoms with Crippen LogP contribution in [0.25, 0.3) is 0 Å². The van der Waals surface area contributed by atoms with Crippen molar-refractivity contribution in [1.82, 2.24) is 15.8 Å². The van der Waals surface area contributed by atoms with Crippen molar-refractivity contribution < 1.29 is 9.26 Å². The predicted molar refractivity (Wildman–Crippen MR) is 88.5 cm³/mol. The zero-order chi connectivity index (χ0) is 13.5. The van der Waals surface area contributed by atoms with Gasteiger partial charge in [-0.25, -0.2) is 0 Å². The van der Waals surface area contributed by atoms with E-state index >= 15 is 0 Å². The van der Waals surface area contributed by atoms with E-state index in [1.165, 1.54) is 0 Å². The lowest BCUT2D eigenvalue weighted by Gasteiger charge is -2.14. The summed E-state index contributed by atoms with van der Waals surface area (Å²) in [4.78, 5) is 4.17. The molecule has 2 heterocycles. The number of nitrogens with zero attached hydrogens (tertiary/aromatic N) is 2. The Morgan fingerprint density at radius 1 is 1.50 bits per heavy atom. The molecule has 0 saturated carbocycles. The monoisotopic (exact) mass is 394 g/mol. The first-order valence-electron chi connectivity index (χ1n) is 6.82. The van der Waals surface area contributed by atoms with E-state index in [-0.39, 0.29) is 24.0 Å². The number of rotatable bonds is 5. The Labute approximate surface area is 136 Å². The summed E-state index contributed by atoms with van der Waals surface area (Å²) in [6, 6.07) is 1.96. The van der Waals surface area contributed by atoms with Crippen molar-refractivity contribution in [2.45, 2.75) is 38.8 Å². The van der Waals surface area contributed by atoms with Gasteiger partial charge in [-0.3, -0.25) is 4.99 Å². The number of aromatic nitrogens is 1. The van der Waals surface area contributed by atoms with Crippen molar-refractivity contribution in [2.75, 3.05) is 20.2 Å². The van der Waals surface area contributed by atoms with Crippen LogP contribution in [0.5, 0.6) is 0 Å². The lowest BCUT2D eigenvalue weighted by molar-refractivity contribution is 0.114. The van der Waals surface area contributed by atoms with Crippen LogP contribution in [0.15, 0.2) is 15.6 Å². The topological polar surface area (TPSA) is 71.7 Å². The van der Waals surface area contributed by atoms with Gasteiger partial charge < -0.3 is 19.9 Å². The third-order valence-corrected chi connectivity index (χ3v) is 3.14. The second-order valence-electron chi connectivity index (χ2n) is 4.58. The second-order valence-corrected chi connectivity index (χ2v) is 4.58. The SMILES string of the molecule is CCc1cc(CNC(=NC)NCC2CCCO2)on1.I. The molecule has 0 aliphatic carbocycles. The Morgan fingerprint density at radius 3 is 2.95 bits per heavy atom. The number of guanidine groups is 1. The van der Waals surface area contributed by atoms with E-state index in [0.717, 1.165) is 49.8 Å². The fraction of sp³-hybridized carbons (Fsp3) is 0.692. The number of ether oxygens (including phenoxy) is 1. The molecule has 0 bridgehead atoms. The van der Waals surface area contributed by atoms with Gasteiger partial charge in [0.05, 0.1) is 18.3 Å². The zero-order valence-electron chi connectivity index (χ0n) is 12.0. The lowest BCUT2D eigenvalue weighted by Crippen LogP contribution is -2.40. The van der Waals surface area contributed by atoms with Crippen molar-refractivity contribution in [3.8, 4) is 0 Å². The molecule has 1 aliphatic rings. The van der Waals surface area contributed by atoms with Crippen molar-refractivity contribution in [3.05, 3.63) is 17.5 Å². The van der Waals surface area contributed by atoms with Crippen LogP contribution in [0.1, 0.15) is 31.2 Å². The Bertz CT molecular complexity index is 416. The molecule has 1 saturated heterocycles. The van der Waals surface area contributed by atoms with Crippen LogP contribution in [0, 0.1) is 0 Å². The van der Waals surface area contributed by atoms with Gasteiger partial charge in [0.1, 0.15) is 0 Å². The minimum Gasteiger partial charge on any atom is -0.376 e. The fourth-order valence-electron chi connectivity index (χ4n) is 2.01. The highest BCUT2D eigenvalue weighted by atomic mass is 127. The van der Waals surface area contributed by atoms with Crippen molar-refractivity contribution in [2.24, 2.45) is 4.99 Å². The fourth-order valence-corrected chi connectivity index (χ4v) is 2.01. The van der Waals surface area contributed by atoms with E-state index in [9.17, 15) is 0 Å². The van der Waals surface area contributed by atoms with Gasteiger partial charge in [0.2, 0.25) is 0 Å². The Kier molecular flexibility index (Phi) is 7.90. The largest absolute Gasteiger partial charge is 0.376 e. The maximum atomic E-state index is 5.55. The van der Waals surface area contributed by atoms with Gasteiger partial charge in [0.15, 0.2) is 11.7 Å². The molecule has 114 valence electrons. The Balaban J connectivity index is 0.00000200. The van der Waals surface area contributed by atoms with Gasteiger partial charge in [0.25, 0.3) is 0 Å². The second kappa shape index (κ2) is 9.17. The van der Waals surface area contributed by atoms with Crippen LogP contribution in [0.3, 0.4) is 0 Å². The maximum absolute atomic E-state index is 5.55. The number of aryl methyl sites for hydroxylation is 1. The van der Waals surface area contributed by atoms with Crippen LogP contribution < -0.4 is 10.6 Å².